The minimum atomic E-state index is -0.0117. The van der Waals surface area contributed by atoms with Crippen LogP contribution in [0.1, 0.15) is 30.3 Å². The van der Waals surface area contributed by atoms with Crippen molar-refractivity contribution in [1.29, 1.82) is 0 Å². The van der Waals surface area contributed by atoms with Crippen LogP contribution < -0.4 is 10.9 Å². The van der Waals surface area contributed by atoms with Gasteiger partial charge in [0.2, 0.25) is 0 Å². The van der Waals surface area contributed by atoms with Crippen LogP contribution in [0.3, 0.4) is 0 Å². The second-order valence-electron chi connectivity index (χ2n) is 5.34. The van der Waals surface area contributed by atoms with E-state index in [0.29, 0.717) is 6.54 Å². The number of aromatic nitrogens is 2. The molecule has 3 aromatic rings. The molecule has 0 aliphatic heterocycles. The molecule has 0 saturated carbocycles. The normalized spacial score (nSPS) is 11.0. The van der Waals surface area contributed by atoms with Gasteiger partial charge >= 0.3 is 0 Å². The molecule has 0 radical (unpaired) electrons. The zero-order chi connectivity index (χ0) is 15.5. The topological polar surface area (TPSA) is 46.4 Å². The Hall–Kier alpha value is -2.14. The Morgan fingerprint density at radius 2 is 2.14 bits per heavy atom. The molecule has 3 rings (SSSR count). The van der Waals surface area contributed by atoms with Crippen LogP contribution in [0.5, 0.6) is 0 Å². The van der Waals surface area contributed by atoms with Crippen molar-refractivity contribution in [2.24, 2.45) is 0 Å². The van der Waals surface area contributed by atoms with Crippen molar-refractivity contribution >= 4 is 22.0 Å². The Balaban J connectivity index is 1.84. The van der Waals surface area contributed by atoms with Crippen LogP contribution in [-0.2, 0) is 13.0 Å². The van der Waals surface area contributed by atoms with Crippen LogP contribution in [0.4, 0.5) is 5.69 Å². The van der Waals surface area contributed by atoms with E-state index in [2.05, 4.69) is 35.4 Å². The van der Waals surface area contributed by atoms with E-state index < -0.39 is 0 Å². The summed E-state index contributed by atoms with van der Waals surface area (Å²) in [6, 6.07) is 9.91. The fourth-order valence-electron chi connectivity index (χ4n) is 2.56. The lowest BCUT2D eigenvalue weighted by Gasteiger charge is -2.11. The van der Waals surface area contributed by atoms with Gasteiger partial charge in [-0.05, 0) is 25.0 Å². The van der Waals surface area contributed by atoms with Gasteiger partial charge in [0.25, 0.3) is 5.56 Å². The van der Waals surface area contributed by atoms with Crippen molar-refractivity contribution in [1.82, 2.24) is 9.38 Å². The summed E-state index contributed by atoms with van der Waals surface area (Å²) in [4.78, 5) is 17.5. The monoisotopic (exact) mass is 313 g/mol. The van der Waals surface area contributed by atoms with Crippen molar-refractivity contribution in [3.05, 3.63) is 63.0 Å². The van der Waals surface area contributed by atoms with Crippen molar-refractivity contribution in [3.8, 4) is 0 Å². The fraction of sp³-hybridized carbons (Fsp3) is 0.294. The number of rotatable bonds is 5. The van der Waals surface area contributed by atoms with Crippen LogP contribution in [0, 0.1) is 6.92 Å². The van der Waals surface area contributed by atoms with Crippen molar-refractivity contribution in [3.63, 3.8) is 0 Å². The van der Waals surface area contributed by atoms with Gasteiger partial charge in [0.05, 0.1) is 12.2 Å². The second kappa shape index (κ2) is 6.32. The standard InChI is InChI=1S/C17H19N3OS/c1-3-6-13-7-4-5-8-15(13)18-10-14-9-16(21)20-12(2)11-22-17(20)19-14/h4-5,7-9,11,18H,3,6,10H2,1-2H3. The molecule has 0 saturated heterocycles. The first-order chi connectivity index (χ1) is 10.7. The lowest BCUT2D eigenvalue weighted by molar-refractivity contribution is 0.915. The first kappa shape index (κ1) is 14.8. The fourth-order valence-corrected chi connectivity index (χ4v) is 3.45. The molecule has 2 aromatic heterocycles. The predicted octanol–water partition coefficient (Wildman–Crippen LogP) is 3.63. The Morgan fingerprint density at radius 3 is 2.95 bits per heavy atom. The van der Waals surface area contributed by atoms with E-state index in [0.717, 1.165) is 34.9 Å². The number of aryl methyl sites for hydroxylation is 2. The summed E-state index contributed by atoms with van der Waals surface area (Å²) in [5.41, 5.74) is 4.12. The van der Waals surface area contributed by atoms with Gasteiger partial charge in [-0.3, -0.25) is 9.20 Å². The van der Waals surface area contributed by atoms with Crippen LogP contribution in [-0.4, -0.2) is 9.38 Å². The molecule has 4 nitrogen and oxygen atoms in total. The van der Waals surface area contributed by atoms with Gasteiger partial charge in [-0.15, -0.1) is 11.3 Å². The van der Waals surface area contributed by atoms with Gasteiger partial charge in [-0.1, -0.05) is 31.5 Å². The van der Waals surface area contributed by atoms with Gasteiger partial charge in [0, 0.05) is 22.8 Å². The first-order valence-electron chi connectivity index (χ1n) is 7.47. The Labute approximate surface area is 133 Å². The zero-order valence-corrected chi connectivity index (χ0v) is 13.6. The highest BCUT2D eigenvalue weighted by Crippen LogP contribution is 2.18. The highest BCUT2D eigenvalue weighted by Gasteiger charge is 2.07. The van der Waals surface area contributed by atoms with Gasteiger partial charge in [-0.25, -0.2) is 4.98 Å². The molecule has 0 spiro atoms. The van der Waals surface area contributed by atoms with E-state index in [4.69, 9.17) is 0 Å². The van der Waals surface area contributed by atoms with E-state index in [9.17, 15) is 4.79 Å². The summed E-state index contributed by atoms with van der Waals surface area (Å²) in [6.07, 6.45) is 2.15. The van der Waals surface area contributed by atoms with Gasteiger partial charge < -0.3 is 5.32 Å². The van der Waals surface area contributed by atoms with E-state index in [-0.39, 0.29) is 5.56 Å². The highest BCUT2D eigenvalue weighted by molar-refractivity contribution is 7.15. The number of nitrogens with one attached hydrogen (secondary N) is 1. The molecule has 22 heavy (non-hydrogen) atoms. The average molecular weight is 313 g/mol. The average Bonchev–Trinajstić information content (AvgIpc) is 2.88. The second-order valence-corrected chi connectivity index (χ2v) is 6.18. The molecule has 5 heteroatoms. The summed E-state index contributed by atoms with van der Waals surface area (Å²) in [5, 5.41) is 5.36. The molecule has 0 atom stereocenters. The number of anilines is 1. The molecule has 0 aliphatic rings. The molecule has 1 N–H and O–H groups in total. The summed E-state index contributed by atoms with van der Waals surface area (Å²) in [5.74, 6) is 0. The smallest absolute Gasteiger partial charge is 0.259 e. The molecular formula is C17H19N3OS. The number of thiazole rings is 1. The maximum atomic E-state index is 12.2. The minimum Gasteiger partial charge on any atom is -0.379 e. The first-order valence-corrected chi connectivity index (χ1v) is 8.35. The van der Waals surface area contributed by atoms with E-state index in [1.54, 1.807) is 10.5 Å². The third-order valence-electron chi connectivity index (χ3n) is 3.63. The third kappa shape index (κ3) is 2.90. The molecule has 1 aromatic carbocycles. The van der Waals surface area contributed by atoms with Crippen LogP contribution in [0.25, 0.3) is 4.96 Å². The molecule has 0 unspecified atom stereocenters. The molecule has 0 aliphatic carbocycles. The Kier molecular flexibility index (Phi) is 4.24. The van der Waals surface area contributed by atoms with Gasteiger partial charge in [-0.2, -0.15) is 0 Å². The van der Waals surface area contributed by atoms with E-state index >= 15 is 0 Å². The number of para-hydroxylation sites is 1. The number of hydrogen-bond donors (Lipinski definition) is 1. The minimum absolute atomic E-state index is 0.0117. The maximum absolute atomic E-state index is 12.2. The highest BCUT2D eigenvalue weighted by atomic mass is 32.1. The van der Waals surface area contributed by atoms with Gasteiger partial charge in [0.1, 0.15) is 0 Å². The molecule has 0 fully saturated rings. The molecule has 2 heterocycles. The molecular weight excluding hydrogens is 294 g/mol. The van der Waals surface area contributed by atoms with Crippen LogP contribution >= 0.6 is 11.3 Å². The van der Waals surface area contributed by atoms with Crippen molar-refractivity contribution in [2.45, 2.75) is 33.2 Å². The number of benzene rings is 1. The lowest BCUT2D eigenvalue weighted by atomic mass is 10.1. The van der Waals surface area contributed by atoms with Crippen LogP contribution in [0.2, 0.25) is 0 Å². The third-order valence-corrected chi connectivity index (χ3v) is 4.57. The number of hydrogen-bond acceptors (Lipinski definition) is 4. The Bertz CT molecular complexity index is 850. The SMILES string of the molecule is CCCc1ccccc1NCc1cc(=O)n2c(C)csc2n1. The largest absolute Gasteiger partial charge is 0.379 e. The van der Waals surface area contributed by atoms with Gasteiger partial charge in [0.15, 0.2) is 4.96 Å². The quantitative estimate of drug-likeness (QED) is 0.782. The van der Waals surface area contributed by atoms with Crippen molar-refractivity contribution in [2.75, 3.05) is 5.32 Å². The summed E-state index contributed by atoms with van der Waals surface area (Å²) in [7, 11) is 0. The van der Waals surface area contributed by atoms with E-state index in [1.165, 1.54) is 16.9 Å². The summed E-state index contributed by atoms with van der Waals surface area (Å²) in [6.45, 7) is 4.65. The molecule has 0 amide bonds. The van der Waals surface area contributed by atoms with Crippen molar-refractivity contribution < 1.29 is 0 Å². The van der Waals surface area contributed by atoms with Crippen LogP contribution in [0.15, 0.2) is 40.5 Å². The summed E-state index contributed by atoms with van der Waals surface area (Å²) < 4.78 is 1.65. The predicted molar refractivity (Wildman–Crippen MR) is 91.8 cm³/mol. The van der Waals surface area contributed by atoms with E-state index in [1.807, 2.05) is 18.4 Å². The Morgan fingerprint density at radius 1 is 1.32 bits per heavy atom. The zero-order valence-electron chi connectivity index (χ0n) is 12.8. The summed E-state index contributed by atoms with van der Waals surface area (Å²) >= 11 is 1.50. The molecule has 114 valence electrons. The molecule has 0 bridgehead atoms. The number of nitrogens with zero attached hydrogens (tertiary/aromatic N) is 2. The maximum Gasteiger partial charge on any atom is 0.259 e. The lowest BCUT2D eigenvalue weighted by Crippen LogP contribution is -2.16. The number of fused-ring (bicyclic) bond motifs is 1.